The Kier molecular flexibility index (Phi) is 5.45. The highest BCUT2D eigenvalue weighted by molar-refractivity contribution is 6.10. The first kappa shape index (κ1) is 21.5. The van der Waals surface area contributed by atoms with Gasteiger partial charge >= 0.3 is 6.18 Å². The van der Waals surface area contributed by atoms with Gasteiger partial charge in [0.25, 0.3) is 5.91 Å². The second-order valence-corrected chi connectivity index (χ2v) is 7.51. The van der Waals surface area contributed by atoms with Gasteiger partial charge in [0.2, 0.25) is 0 Å². The Morgan fingerprint density at radius 3 is 2.69 bits per heavy atom. The van der Waals surface area contributed by atoms with Crippen LogP contribution in [0.1, 0.15) is 57.3 Å². The average molecular weight is 444 g/mol. The van der Waals surface area contributed by atoms with E-state index in [-0.39, 0.29) is 29.0 Å². The Hall–Kier alpha value is -3.69. The van der Waals surface area contributed by atoms with Gasteiger partial charge in [-0.15, -0.1) is 0 Å². The molecule has 0 fully saturated rings. The second-order valence-electron chi connectivity index (χ2n) is 7.51. The predicted octanol–water partition coefficient (Wildman–Crippen LogP) is 4.49. The minimum absolute atomic E-state index is 0.199. The zero-order valence-corrected chi connectivity index (χ0v) is 17.2. The van der Waals surface area contributed by atoms with Crippen LogP contribution in [-0.4, -0.2) is 33.6 Å². The summed E-state index contributed by atoms with van der Waals surface area (Å²) < 4.78 is 46.1. The highest BCUT2D eigenvalue weighted by Crippen LogP contribution is 2.42. The molecule has 32 heavy (non-hydrogen) atoms. The van der Waals surface area contributed by atoms with E-state index < -0.39 is 23.6 Å². The van der Waals surface area contributed by atoms with E-state index in [1.54, 1.807) is 12.1 Å². The lowest BCUT2D eigenvalue weighted by molar-refractivity contribution is -0.138. The summed E-state index contributed by atoms with van der Waals surface area (Å²) in [5, 5.41) is 6.92. The number of Topliss-reactive ketones (excluding diaryl/α,β-unsaturated/α-hetero) is 1. The molecule has 0 spiro atoms. The molecule has 1 aliphatic heterocycles. The molecule has 0 aliphatic carbocycles. The van der Waals surface area contributed by atoms with Crippen molar-refractivity contribution in [3.05, 3.63) is 71.3 Å². The molecule has 1 unspecified atom stereocenters. The Bertz CT molecular complexity index is 1170. The van der Waals surface area contributed by atoms with Crippen molar-refractivity contribution in [2.45, 2.75) is 31.5 Å². The number of methoxy groups -OCH3 is 1. The van der Waals surface area contributed by atoms with Crippen LogP contribution in [0.15, 0.2) is 48.9 Å². The number of ketones is 1. The van der Waals surface area contributed by atoms with Gasteiger partial charge in [-0.1, -0.05) is 6.07 Å². The largest absolute Gasteiger partial charge is 0.496 e. The van der Waals surface area contributed by atoms with E-state index in [0.717, 1.165) is 13.2 Å². The third-order valence-corrected chi connectivity index (χ3v) is 5.44. The quantitative estimate of drug-likeness (QED) is 0.641. The van der Waals surface area contributed by atoms with Gasteiger partial charge < -0.3 is 10.1 Å². The number of amides is 1. The van der Waals surface area contributed by atoms with Crippen molar-refractivity contribution in [1.82, 2.24) is 14.8 Å². The van der Waals surface area contributed by atoms with Crippen LogP contribution >= 0.6 is 0 Å². The number of rotatable bonds is 4. The number of halogens is 3. The molecule has 1 aromatic carbocycles. The number of anilines is 1. The molecule has 7 nitrogen and oxygen atoms in total. The molecule has 166 valence electrons. The monoisotopic (exact) mass is 444 g/mol. The third kappa shape index (κ3) is 3.83. The highest BCUT2D eigenvalue weighted by Gasteiger charge is 2.38. The Balaban J connectivity index is 1.68. The molecular weight excluding hydrogens is 425 g/mol. The summed E-state index contributed by atoms with van der Waals surface area (Å²) in [4.78, 5) is 29.8. The number of pyridine rings is 1. The standard InChI is InChI=1S/C22H19F3N4O3/c1-12-8-15(13-5-6-16(22(23,24)25)18(9-13)32-2)20(30)19-17(11-27-29(12)19)28-21(31)14-4-3-7-26-10-14/h3-7,9-12,15H,8H2,1-2H3,(H,28,31)/t12-,15?/m0/s1. The summed E-state index contributed by atoms with van der Waals surface area (Å²) in [6.07, 6.45) is 0.0988. The molecule has 2 aromatic heterocycles. The van der Waals surface area contributed by atoms with Crippen LogP contribution in [0.2, 0.25) is 0 Å². The maximum absolute atomic E-state index is 13.4. The molecule has 3 heterocycles. The number of hydrogen-bond donors (Lipinski definition) is 1. The van der Waals surface area contributed by atoms with Crippen molar-refractivity contribution in [3.63, 3.8) is 0 Å². The lowest BCUT2D eigenvalue weighted by atomic mass is 9.84. The summed E-state index contributed by atoms with van der Waals surface area (Å²) in [5.74, 6) is -1.85. The number of nitrogens with zero attached hydrogens (tertiary/aromatic N) is 3. The van der Waals surface area contributed by atoms with Crippen LogP contribution in [0.5, 0.6) is 5.75 Å². The average Bonchev–Trinajstić information content (AvgIpc) is 3.20. The van der Waals surface area contributed by atoms with E-state index in [4.69, 9.17) is 4.74 Å². The lowest BCUT2D eigenvalue weighted by Crippen LogP contribution is -2.29. The first-order valence-corrected chi connectivity index (χ1v) is 9.79. The fourth-order valence-corrected chi connectivity index (χ4v) is 3.88. The van der Waals surface area contributed by atoms with Crippen LogP contribution in [0.3, 0.4) is 0 Å². The van der Waals surface area contributed by atoms with Crippen molar-refractivity contribution in [2.75, 3.05) is 12.4 Å². The molecule has 1 N–H and O–H groups in total. The minimum Gasteiger partial charge on any atom is -0.496 e. The predicted molar refractivity (Wildman–Crippen MR) is 109 cm³/mol. The SMILES string of the molecule is COc1cc(C2C[C@H](C)n3ncc(NC(=O)c4cccnc4)c3C2=O)ccc1C(F)(F)F. The number of ether oxygens (including phenoxy) is 1. The number of alkyl halides is 3. The fraction of sp³-hybridized carbons (Fsp3) is 0.273. The molecule has 3 aromatic rings. The molecular formula is C22H19F3N4O3. The normalized spacial score (nSPS) is 18.2. The van der Waals surface area contributed by atoms with Crippen LogP contribution in [0.25, 0.3) is 0 Å². The van der Waals surface area contributed by atoms with E-state index in [0.29, 0.717) is 17.5 Å². The smallest absolute Gasteiger partial charge is 0.419 e. The second kappa shape index (κ2) is 8.10. The van der Waals surface area contributed by atoms with Gasteiger partial charge in [-0.05, 0) is 43.2 Å². The topological polar surface area (TPSA) is 86.1 Å². The lowest BCUT2D eigenvalue weighted by Gasteiger charge is -2.28. The van der Waals surface area contributed by atoms with Crippen molar-refractivity contribution >= 4 is 17.4 Å². The molecule has 1 aliphatic rings. The Morgan fingerprint density at radius 1 is 1.25 bits per heavy atom. The summed E-state index contributed by atoms with van der Waals surface area (Å²) in [7, 11) is 1.15. The van der Waals surface area contributed by atoms with E-state index >= 15 is 0 Å². The summed E-state index contributed by atoms with van der Waals surface area (Å²) in [5.41, 5.74) is 0.245. The molecule has 0 saturated carbocycles. The number of carbonyl (C=O) groups is 2. The van der Waals surface area contributed by atoms with E-state index in [1.165, 1.54) is 35.4 Å². The summed E-state index contributed by atoms with van der Waals surface area (Å²) >= 11 is 0. The summed E-state index contributed by atoms with van der Waals surface area (Å²) in [6, 6.07) is 6.44. The van der Waals surface area contributed by atoms with Crippen molar-refractivity contribution in [3.8, 4) is 5.75 Å². The van der Waals surface area contributed by atoms with Gasteiger partial charge in [-0.25, -0.2) is 0 Å². The van der Waals surface area contributed by atoms with E-state index in [2.05, 4.69) is 15.4 Å². The maximum Gasteiger partial charge on any atom is 0.419 e. The Morgan fingerprint density at radius 2 is 2.03 bits per heavy atom. The number of nitrogens with one attached hydrogen (secondary N) is 1. The van der Waals surface area contributed by atoms with Crippen molar-refractivity contribution < 1.29 is 27.5 Å². The zero-order chi connectivity index (χ0) is 23.0. The highest BCUT2D eigenvalue weighted by atomic mass is 19.4. The van der Waals surface area contributed by atoms with Crippen LogP contribution in [0, 0.1) is 0 Å². The molecule has 2 atom stereocenters. The minimum atomic E-state index is -4.57. The number of aromatic nitrogens is 3. The molecule has 10 heteroatoms. The van der Waals surface area contributed by atoms with Crippen LogP contribution < -0.4 is 10.1 Å². The molecule has 4 rings (SSSR count). The Labute approximate surface area is 181 Å². The number of hydrogen-bond acceptors (Lipinski definition) is 5. The van der Waals surface area contributed by atoms with E-state index in [9.17, 15) is 22.8 Å². The zero-order valence-electron chi connectivity index (χ0n) is 17.2. The van der Waals surface area contributed by atoms with Gasteiger partial charge in [0.05, 0.1) is 42.1 Å². The van der Waals surface area contributed by atoms with Gasteiger partial charge in [0.1, 0.15) is 11.4 Å². The molecule has 0 saturated heterocycles. The fourth-order valence-electron chi connectivity index (χ4n) is 3.88. The van der Waals surface area contributed by atoms with Gasteiger partial charge in [-0.2, -0.15) is 18.3 Å². The van der Waals surface area contributed by atoms with Crippen LogP contribution in [0.4, 0.5) is 18.9 Å². The van der Waals surface area contributed by atoms with Crippen molar-refractivity contribution in [2.24, 2.45) is 0 Å². The van der Waals surface area contributed by atoms with E-state index in [1.807, 2.05) is 6.92 Å². The number of carbonyl (C=O) groups excluding carboxylic acids is 2. The van der Waals surface area contributed by atoms with Crippen molar-refractivity contribution in [1.29, 1.82) is 0 Å². The van der Waals surface area contributed by atoms with Gasteiger partial charge in [-0.3, -0.25) is 19.3 Å². The number of fused-ring (bicyclic) bond motifs is 1. The maximum atomic E-state index is 13.4. The van der Waals surface area contributed by atoms with Gasteiger partial charge in [0.15, 0.2) is 5.78 Å². The first-order valence-electron chi connectivity index (χ1n) is 9.79. The first-order chi connectivity index (χ1) is 15.2. The summed E-state index contributed by atoms with van der Waals surface area (Å²) in [6.45, 7) is 1.85. The number of benzene rings is 1. The third-order valence-electron chi connectivity index (χ3n) is 5.44. The van der Waals surface area contributed by atoms with Gasteiger partial charge in [0, 0.05) is 12.4 Å². The molecule has 1 amide bonds. The molecule has 0 radical (unpaired) electrons. The molecule has 0 bridgehead atoms. The van der Waals surface area contributed by atoms with Crippen LogP contribution in [-0.2, 0) is 6.18 Å².